The lowest BCUT2D eigenvalue weighted by Gasteiger charge is -2.38. The molecule has 1 spiro atoms. The van der Waals surface area contributed by atoms with Crippen LogP contribution in [0.5, 0.6) is 0 Å². The molecule has 0 bridgehead atoms. The molecular formula is C18H22N2O2. The van der Waals surface area contributed by atoms with E-state index in [1.54, 1.807) is 0 Å². The molecule has 4 nitrogen and oxygen atoms in total. The molecule has 1 aromatic rings. The van der Waals surface area contributed by atoms with Crippen LogP contribution in [0, 0.1) is 12.3 Å². The molecule has 116 valence electrons. The van der Waals surface area contributed by atoms with E-state index in [4.69, 9.17) is 4.74 Å². The van der Waals surface area contributed by atoms with Crippen LogP contribution in [0.2, 0.25) is 0 Å². The van der Waals surface area contributed by atoms with Crippen LogP contribution in [-0.2, 0) is 9.53 Å². The van der Waals surface area contributed by atoms with Crippen LogP contribution >= 0.6 is 0 Å². The predicted molar refractivity (Wildman–Crippen MR) is 85.7 cm³/mol. The van der Waals surface area contributed by atoms with Gasteiger partial charge in [0, 0.05) is 30.7 Å². The minimum atomic E-state index is 0.142. The Hall–Kier alpha value is -1.81. The topological polar surface area (TPSA) is 32.8 Å². The van der Waals surface area contributed by atoms with Crippen molar-refractivity contribution in [2.24, 2.45) is 5.41 Å². The summed E-state index contributed by atoms with van der Waals surface area (Å²) in [6, 6.07) is 8.28. The van der Waals surface area contributed by atoms with Crippen molar-refractivity contribution in [1.29, 1.82) is 0 Å². The van der Waals surface area contributed by atoms with E-state index >= 15 is 0 Å². The lowest BCUT2D eigenvalue weighted by Crippen LogP contribution is -2.48. The summed E-state index contributed by atoms with van der Waals surface area (Å²) in [6.07, 6.45) is 4.62. The zero-order chi connectivity index (χ0) is 15.2. The quantitative estimate of drug-likeness (QED) is 0.840. The molecule has 1 saturated heterocycles. The fourth-order valence-corrected chi connectivity index (χ4v) is 3.35. The number of nitrogens with zero attached hydrogens (tertiary/aromatic N) is 2. The summed E-state index contributed by atoms with van der Waals surface area (Å²) in [5, 5.41) is 0. The Morgan fingerprint density at radius 3 is 2.41 bits per heavy atom. The second-order valence-corrected chi connectivity index (χ2v) is 6.72. The third-order valence-corrected chi connectivity index (χ3v) is 4.97. The summed E-state index contributed by atoms with van der Waals surface area (Å²) in [4.78, 5) is 17.2. The van der Waals surface area contributed by atoms with Crippen molar-refractivity contribution in [1.82, 2.24) is 4.90 Å². The van der Waals surface area contributed by atoms with Gasteiger partial charge in [-0.25, -0.2) is 0 Å². The Balaban J connectivity index is 1.66. The Labute approximate surface area is 131 Å². The van der Waals surface area contributed by atoms with Crippen molar-refractivity contribution in [3.05, 3.63) is 41.6 Å². The largest absolute Gasteiger partial charge is 0.378 e. The van der Waals surface area contributed by atoms with Crippen LogP contribution in [0.25, 0.3) is 0 Å². The fraction of sp³-hybridized carbons (Fsp3) is 0.500. The zero-order valence-electron chi connectivity index (χ0n) is 13.0. The summed E-state index contributed by atoms with van der Waals surface area (Å²) < 4.78 is 5.42. The van der Waals surface area contributed by atoms with E-state index in [0.29, 0.717) is 13.2 Å². The second-order valence-electron chi connectivity index (χ2n) is 6.72. The van der Waals surface area contributed by atoms with E-state index in [2.05, 4.69) is 42.2 Å². The fourth-order valence-electron chi connectivity index (χ4n) is 3.35. The normalized spacial score (nSPS) is 23.7. The van der Waals surface area contributed by atoms with Gasteiger partial charge in [0.1, 0.15) is 0 Å². The first-order chi connectivity index (χ1) is 10.7. The highest BCUT2D eigenvalue weighted by atomic mass is 16.5. The van der Waals surface area contributed by atoms with Gasteiger partial charge in [-0.05, 0) is 38.0 Å². The Morgan fingerprint density at radius 2 is 1.77 bits per heavy atom. The summed E-state index contributed by atoms with van der Waals surface area (Å²) in [6.45, 7) is 5.95. The number of rotatable bonds is 2. The van der Waals surface area contributed by atoms with Crippen molar-refractivity contribution in [2.45, 2.75) is 19.8 Å². The lowest BCUT2D eigenvalue weighted by molar-refractivity contribution is -0.117. The maximum Gasteiger partial charge on any atom is 0.274 e. The summed E-state index contributed by atoms with van der Waals surface area (Å²) in [7, 11) is 0. The number of carbonyl (C=O) groups excluding carboxylic acids is 1. The maximum absolute atomic E-state index is 13.0. The number of morpholine rings is 1. The van der Waals surface area contributed by atoms with E-state index in [0.717, 1.165) is 31.0 Å². The molecule has 0 unspecified atom stereocenters. The van der Waals surface area contributed by atoms with Crippen molar-refractivity contribution < 1.29 is 9.53 Å². The molecule has 0 N–H and O–H groups in total. The van der Waals surface area contributed by atoms with E-state index in [9.17, 15) is 4.79 Å². The molecule has 1 aliphatic carbocycles. The smallest absolute Gasteiger partial charge is 0.274 e. The number of anilines is 1. The standard InChI is InChI=1S/C18H22N2O2/c1-14-2-4-15(5-3-14)20-13-18(6-7-18)12-16(17(20)21)19-8-10-22-11-9-19/h2-5,12H,6-11,13H2,1H3. The van der Waals surface area contributed by atoms with E-state index < -0.39 is 0 Å². The number of amides is 1. The third kappa shape index (κ3) is 2.41. The molecular weight excluding hydrogens is 276 g/mol. The number of ether oxygens (including phenoxy) is 1. The van der Waals surface area contributed by atoms with E-state index in [1.165, 1.54) is 18.4 Å². The van der Waals surface area contributed by atoms with E-state index in [1.807, 2.05) is 4.90 Å². The minimum absolute atomic E-state index is 0.142. The Morgan fingerprint density at radius 1 is 1.09 bits per heavy atom. The monoisotopic (exact) mass is 298 g/mol. The van der Waals surface area contributed by atoms with Gasteiger partial charge in [-0.2, -0.15) is 0 Å². The molecule has 2 fully saturated rings. The molecule has 1 aromatic carbocycles. The van der Waals surface area contributed by atoms with Crippen LogP contribution in [0.4, 0.5) is 5.69 Å². The average molecular weight is 298 g/mol. The summed E-state index contributed by atoms with van der Waals surface area (Å²) in [5.74, 6) is 0.142. The lowest BCUT2D eigenvalue weighted by atomic mass is 9.98. The first kappa shape index (κ1) is 13.8. The van der Waals surface area contributed by atoms with Crippen LogP contribution in [-0.4, -0.2) is 43.7 Å². The maximum atomic E-state index is 13.0. The first-order valence-electron chi connectivity index (χ1n) is 8.11. The molecule has 0 atom stereocenters. The zero-order valence-corrected chi connectivity index (χ0v) is 13.0. The number of aryl methyl sites for hydroxylation is 1. The molecule has 3 aliphatic rings. The second kappa shape index (κ2) is 5.13. The van der Waals surface area contributed by atoms with Crippen LogP contribution < -0.4 is 4.90 Å². The van der Waals surface area contributed by atoms with Gasteiger partial charge < -0.3 is 14.5 Å². The van der Waals surface area contributed by atoms with Crippen molar-refractivity contribution in [3.63, 3.8) is 0 Å². The van der Waals surface area contributed by atoms with Gasteiger partial charge in [-0.15, -0.1) is 0 Å². The molecule has 0 aromatic heterocycles. The Kier molecular flexibility index (Phi) is 3.22. The van der Waals surface area contributed by atoms with Crippen LogP contribution in [0.3, 0.4) is 0 Å². The SMILES string of the molecule is Cc1ccc(N2CC3(C=C(N4CCOCC4)C2=O)CC3)cc1. The minimum Gasteiger partial charge on any atom is -0.378 e. The molecule has 0 radical (unpaired) electrons. The van der Waals surface area contributed by atoms with Gasteiger partial charge in [0.2, 0.25) is 0 Å². The molecule has 1 amide bonds. The van der Waals surface area contributed by atoms with Gasteiger partial charge in [0.05, 0.1) is 18.9 Å². The highest BCUT2D eigenvalue weighted by molar-refractivity contribution is 6.06. The van der Waals surface area contributed by atoms with Gasteiger partial charge in [-0.3, -0.25) is 4.79 Å². The first-order valence-corrected chi connectivity index (χ1v) is 8.11. The third-order valence-electron chi connectivity index (χ3n) is 4.97. The van der Waals surface area contributed by atoms with Crippen LogP contribution in [0.15, 0.2) is 36.0 Å². The summed E-state index contributed by atoms with van der Waals surface area (Å²) in [5.41, 5.74) is 3.33. The predicted octanol–water partition coefficient (Wildman–Crippen LogP) is 2.34. The molecule has 2 aliphatic heterocycles. The molecule has 22 heavy (non-hydrogen) atoms. The van der Waals surface area contributed by atoms with Gasteiger partial charge in [0.25, 0.3) is 5.91 Å². The average Bonchev–Trinajstić information content (AvgIpc) is 3.30. The van der Waals surface area contributed by atoms with Gasteiger partial charge >= 0.3 is 0 Å². The summed E-state index contributed by atoms with van der Waals surface area (Å²) >= 11 is 0. The molecule has 4 rings (SSSR count). The molecule has 4 heteroatoms. The van der Waals surface area contributed by atoms with Crippen molar-refractivity contribution in [3.8, 4) is 0 Å². The van der Waals surface area contributed by atoms with E-state index in [-0.39, 0.29) is 11.3 Å². The molecule has 1 saturated carbocycles. The van der Waals surface area contributed by atoms with Crippen molar-refractivity contribution >= 4 is 11.6 Å². The van der Waals surface area contributed by atoms with Crippen molar-refractivity contribution in [2.75, 3.05) is 37.7 Å². The number of benzene rings is 1. The Bertz CT molecular complexity index is 610. The van der Waals surface area contributed by atoms with Crippen LogP contribution in [0.1, 0.15) is 18.4 Å². The van der Waals surface area contributed by atoms with Gasteiger partial charge in [-0.1, -0.05) is 17.7 Å². The number of carbonyl (C=O) groups is 1. The number of hydrogen-bond acceptors (Lipinski definition) is 3. The van der Waals surface area contributed by atoms with Gasteiger partial charge in [0.15, 0.2) is 0 Å². The highest BCUT2D eigenvalue weighted by Crippen LogP contribution is 2.51. The molecule has 2 heterocycles. The number of hydrogen-bond donors (Lipinski definition) is 0. The highest BCUT2D eigenvalue weighted by Gasteiger charge is 2.48.